The molecule has 1 rings (SSSR count). The van der Waals surface area contributed by atoms with Crippen LogP contribution in [0.1, 0.15) is 10.4 Å². The first-order valence-electron chi connectivity index (χ1n) is 5.44. The van der Waals surface area contributed by atoms with E-state index in [0.717, 1.165) is 3.57 Å². The Balaban J connectivity index is 2.60. The van der Waals surface area contributed by atoms with E-state index in [2.05, 4.69) is 22.6 Å². The van der Waals surface area contributed by atoms with Gasteiger partial charge in [0.1, 0.15) is 5.75 Å². The molecule has 0 radical (unpaired) electrons. The van der Waals surface area contributed by atoms with E-state index >= 15 is 0 Å². The number of likely N-dealkylation sites (N-methyl/N-ethyl adjacent to an activating group) is 1. The molecule has 1 aromatic carbocycles. The van der Waals surface area contributed by atoms with Crippen molar-refractivity contribution >= 4 is 40.1 Å². The number of halogens is 2. The minimum absolute atomic E-state index is 0.00561. The molecule has 0 aromatic heterocycles. The predicted octanol–water partition coefficient (Wildman–Crippen LogP) is 2.32. The SMILES string of the molecule is CN(CCOCCCl)C(=O)c1cc(I)ccc1O. The summed E-state index contributed by atoms with van der Waals surface area (Å²) in [5.41, 5.74) is 0.307. The number of ether oxygens (including phenoxy) is 1. The second kappa shape index (κ2) is 7.81. The van der Waals surface area contributed by atoms with E-state index in [1.54, 1.807) is 19.2 Å². The van der Waals surface area contributed by atoms with Gasteiger partial charge in [-0.2, -0.15) is 0 Å². The number of hydrogen-bond acceptors (Lipinski definition) is 3. The van der Waals surface area contributed by atoms with Crippen LogP contribution in [0.4, 0.5) is 0 Å². The molecule has 1 aromatic rings. The number of carbonyl (C=O) groups excluding carboxylic acids is 1. The molecule has 0 fully saturated rings. The molecular weight excluding hydrogens is 368 g/mol. The molecule has 6 heteroatoms. The molecule has 0 spiro atoms. The van der Waals surface area contributed by atoms with Crippen molar-refractivity contribution < 1.29 is 14.6 Å². The van der Waals surface area contributed by atoms with Crippen molar-refractivity contribution in [2.75, 3.05) is 32.7 Å². The maximum atomic E-state index is 12.1. The molecule has 1 N–H and O–H groups in total. The standard InChI is InChI=1S/C12H15ClINO3/c1-15(5-7-18-6-4-13)12(17)10-8-9(14)2-3-11(10)16/h2-3,8,16H,4-7H2,1H3. The first kappa shape index (κ1) is 15.5. The molecule has 0 atom stereocenters. The molecule has 4 nitrogen and oxygen atoms in total. The molecular formula is C12H15ClINO3. The number of phenolic OH excluding ortho intramolecular Hbond substituents is 1. The maximum absolute atomic E-state index is 12.1. The van der Waals surface area contributed by atoms with Crippen LogP contribution in [0.25, 0.3) is 0 Å². The van der Waals surface area contributed by atoms with Crippen LogP contribution in [0.3, 0.4) is 0 Å². The Kier molecular flexibility index (Phi) is 6.73. The van der Waals surface area contributed by atoms with Gasteiger partial charge in [0.2, 0.25) is 0 Å². The highest BCUT2D eigenvalue weighted by molar-refractivity contribution is 14.1. The fourth-order valence-electron chi connectivity index (χ4n) is 1.34. The van der Waals surface area contributed by atoms with Gasteiger partial charge >= 0.3 is 0 Å². The summed E-state index contributed by atoms with van der Waals surface area (Å²) in [6.07, 6.45) is 0. The van der Waals surface area contributed by atoms with E-state index in [0.29, 0.717) is 31.2 Å². The second-order valence-corrected chi connectivity index (χ2v) is 5.31. The number of hydrogen-bond donors (Lipinski definition) is 1. The quantitative estimate of drug-likeness (QED) is 0.466. The molecule has 1 amide bonds. The number of phenols is 1. The summed E-state index contributed by atoms with van der Waals surface area (Å²) in [5, 5.41) is 9.66. The number of alkyl halides is 1. The number of aromatic hydroxyl groups is 1. The van der Waals surface area contributed by atoms with Crippen molar-refractivity contribution in [2.45, 2.75) is 0 Å². The van der Waals surface area contributed by atoms with Gasteiger partial charge in [-0.15, -0.1) is 11.6 Å². The summed E-state index contributed by atoms with van der Waals surface area (Å²) in [6.45, 7) is 1.36. The summed E-state index contributed by atoms with van der Waals surface area (Å²) in [6, 6.07) is 4.93. The number of amides is 1. The summed E-state index contributed by atoms with van der Waals surface area (Å²) < 4.78 is 6.11. The zero-order valence-electron chi connectivity index (χ0n) is 10.0. The third kappa shape index (κ3) is 4.62. The van der Waals surface area contributed by atoms with Crippen LogP contribution in [0, 0.1) is 3.57 Å². The number of benzene rings is 1. The zero-order valence-corrected chi connectivity index (χ0v) is 12.9. The van der Waals surface area contributed by atoms with E-state index in [9.17, 15) is 9.90 Å². The van der Waals surface area contributed by atoms with Crippen molar-refractivity contribution in [2.24, 2.45) is 0 Å². The monoisotopic (exact) mass is 383 g/mol. The molecule has 0 aliphatic rings. The van der Waals surface area contributed by atoms with Crippen LogP contribution < -0.4 is 0 Å². The highest BCUT2D eigenvalue weighted by Gasteiger charge is 2.15. The highest BCUT2D eigenvalue weighted by Crippen LogP contribution is 2.20. The topological polar surface area (TPSA) is 49.8 Å². The normalized spacial score (nSPS) is 10.4. The average molecular weight is 384 g/mol. The minimum atomic E-state index is -0.222. The van der Waals surface area contributed by atoms with E-state index in [4.69, 9.17) is 16.3 Å². The first-order valence-corrected chi connectivity index (χ1v) is 7.05. The Hall–Kier alpha value is -0.530. The fraction of sp³-hybridized carbons (Fsp3) is 0.417. The molecule has 0 aliphatic heterocycles. The van der Waals surface area contributed by atoms with E-state index < -0.39 is 0 Å². The van der Waals surface area contributed by atoms with Crippen molar-refractivity contribution in [3.05, 3.63) is 27.3 Å². The molecule has 18 heavy (non-hydrogen) atoms. The molecule has 0 saturated carbocycles. The molecule has 0 heterocycles. The highest BCUT2D eigenvalue weighted by atomic mass is 127. The lowest BCUT2D eigenvalue weighted by Gasteiger charge is -2.17. The zero-order chi connectivity index (χ0) is 13.5. The van der Waals surface area contributed by atoms with Crippen LogP contribution in [0.5, 0.6) is 5.75 Å². The lowest BCUT2D eigenvalue weighted by Crippen LogP contribution is -2.30. The summed E-state index contributed by atoms with van der Waals surface area (Å²) >= 11 is 7.57. The fourth-order valence-corrected chi connectivity index (χ4v) is 1.95. The molecule has 100 valence electrons. The van der Waals surface area contributed by atoms with Gasteiger partial charge < -0.3 is 14.7 Å². The van der Waals surface area contributed by atoms with Crippen molar-refractivity contribution in [3.8, 4) is 5.75 Å². The Labute approximate surface area is 125 Å². The Morgan fingerprint density at radius 3 is 2.89 bits per heavy atom. The van der Waals surface area contributed by atoms with Crippen LogP contribution in [0.2, 0.25) is 0 Å². The minimum Gasteiger partial charge on any atom is -0.507 e. The van der Waals surface area contributed by atoms with Crippen molar-refractivity contribution in [3.63, 3.8) is 0 Å². The van der Waals surface area contributed by atoms with Gasteiger partial charge in [-0.25, -0.2) is 0 Å². The third-order valence-electron chi connectivity index (χ3n) is 2.33. The lowest BCUT2D eigenvalue weighted by molar-refractivity contribution is 0.0709. The number of carbonyl (C=O) groups is 1. The Morgan fingerprint density at radius 2 is 2.22 bits per heavy atom. The molecule has 0 aliphatic carbocycles. The molecule has 0 saturated heterocycles. The molecule has 0 bridgehead atoms. The summed E-state index contributed by atoms with van der Waals surface area (Å²) in [4.78, 5) is 13.6. The van der Waals surface area contributed by atoms with Crippen molar-refractivity contribution in [1.82, 2.24) is 4.90 Å². The predicted molar refractivity (Wildman–Crippen MR) is 79.3 cm³/mol. The van der Waals surface area contributed by atoms with Gasteiger partial charge in [0, 0.05) is 23.0 Å². The number of rotatable bonds is 6. The smallest absolute Gasteiger partial charge is 0.257 e. The second-order valence-electron chi connectivity index (χ2n) is 3.69. The van der Waals surface area contributed by atoms with Gasteiger partial charge in [0.25, 0.3) is 5.91 Å². The molecule has 0 unspecified atom stereocenters. The number of nitrogens with zero attached hydrogens (tertiary/aromatic N) is 1. The van der Waals surface area contributed by atoms with E-state index in [1.807, 2.05) is 0 Å². The van der Waals surface area contributed by atoms with Gasteiger partial charge in [-0.05, 0) is 40.8 Å². The van der Waals surface area contributed by atoms with E-state index in [1.165, 1.54) is 11.0 Å². The van der Waals surface area contributed by atoms with Gasteiger partial charge in [-0.1, -0.05) is 0 Å². The van der Waals surface area contributed by atoms with Crippen LogP contribution in [0.15, 0.2) is 18.2 Å². The van der Waals surface area contributed by atoms with Crippen LogP contribution >= 0.6 is 34.2 Å². The van der Waals surface area contributed by atoms with Gasteiger partial charge in [0.15, 0.2) is 0 Å². The van der Waals surface area contributed by atoms with Gasteiger partial charge in [-0.3, -0.25) is 4.79 Å². The average Bonchev–Trinajstić information content (AvgIpc) is 2.36. The Bertz CT molecular complexity index is 414. The van der Waals surface area contributed by atoms with Crippen LogP contribution in [-0.4, -0.2) is 48.6 Å². The lowest BCUT2D eigenvalue weighted by atomic mass is 10.2. The summed E-state index contributed by atoms with van der Waals surface area (Å²) in [5.74, 6) is 0.212. The largest absolute Gasteiger partial charge is 0.507 e. The first-order chi connectivity index (χ1) is 8.56. The van der Waals surface area contributed by atoms with Gasteiger partial charge in [0.05, 0.1) is 18.8 Å². The summed E-state index contributed by atoms with van der Waals surface area (Å²) in [7, 11) is 1.67. The Morgan fingerprint density at radius 1 is 1.50 bits per heavy atom. The van der Waals surface area contributed by atoms with E-state index in [-0.39, 0.29) is 11.7 Å². The third-order valence-corrected chi connectivity index (χ3v) is 3.15. The maximum Gasteiger partial charge on any atom is 0.257 e. The van der Waals surface area contributed by atoms with Crippen LogP contribution in [-0.2, 0) is 4.74 Å². The van der Waals surface area contributed by atoms with Crippen molar-refractivity contribution in [1.29, 1.82) is 0 Å².